The Hall–Kier alpha value is -0.370. The third-order valence-corrected chi connectivity index (χ3v) is 3.75. The molecule has 0 bridgehead atoms. The highest BCUT2D eigenvalue weighted by molar-refractivity contribution is 5.85. The second-order valence-electron chi connectivity index (χ2n) is 4.58. The predicted molar refractivity (Wildman–Crippen MR) is 59.4 cm³/mol. The number of likely N-dealkylation sites (tertiary alicyclic amines) is 1. The molecule has 0 spiro atoms. The first-order valence-electron chi connectivity index (χ1n) is 5.87. The summed E-state index contributed by atoms with van der Waals surface area (Å²) in [5.41, 5.74) is -0.204. The molecule has 1 atom stereocenters. The van der Waals surface area contributed by atoms with Crippen molar-refractivity contribution in [2.24, 2.45) is 0 Å². The number of hydrogen-bond acceptors (Lipinski definition) is 2. The molecular weight excluding hydrogens is 174 g/mol. The van der Waals surface area contributed by atoms with E-state index in [1.165, 1.54) is 25.7 Å². The topological polar surface area (TPSA) is 20.3 Å². The Morgan fingerprint density at radius 1 is 1.21 bits per heavy atom. The molecule has 1 aliphatic heterocycles. The molecule has 1 heterocycles. The maximum atomic E-state index is 11.7. The van der Waals surface area contributed by atoms with Gasteiger partial charge in [-0.2, -0.15) is 0 Å². The fourth-order valence-corrected chi connectivity index (χ4v) is 2.26. The largest absolute Gasteiger partial charge is 0.298 e. The lowest BCUT2D eigenvalue weighted by Crippen LogP contribution is -2.51. The lowest BCUT2D eigenvalue weighted by atomic mass is 9.91. The summed E-state index contributed by atoms with van der Waals surface area (Å²) in [6, 6.07) is 0. The summed E-state index contributed by atoms with van der Waals surface area (Å²) in [6.07, 6.45) is 6.09. The molecule has 2 nitrogen and oxygen atoms in total. The van der Waals surface area contributed by atoms with Crippen molar-refractivity contribution in [1.82, 2.24) is 4.90 Å². The van der Waals surface area contributed by atoms with E-state index in [1.807, 2.05) is 0 Å². The van der Waals surface area contributed by atoms with Crippen LogP contribution in [0.25, 0.3) is 0 Å². The van der Waals surface area contributed by atoms with E-state index in [4.69, 9.17) is 0 Å². The van der Waals surface area contributed by atoms with E-state index in [9.17, 15) is 4.79 Å². The molecule has 82 valence electrons. The third-order valence-electron chi connectivity index (χ3n) is 3.75. The summed E-state index contributed by atoms with van der Waals surface area (Å²) in [7, 11) is 0. The number of carbonyl (C=O) groups is 1. The van der Waals surface area contributed by atoms with Crippen LogP contribution in [0.15, 0.2) is 0 Å². The molecule has 0 N–H and O–H groups in total. The molecular formula is C12H23NO. The van der Waals surface area contributed by atoms with Gasteiger partial charge in [0.25, 0.3) is 0 Å². The first kappa shape index (κ1) is 11.7. The number of nitrogens with zero attached hydrogens (tertiary/aromatic N) is 1. The van der Waals surface area contributed by atoms with Gasteiger partial charge in [-0.1, -0.05) is 19.8 Å². The van der Waals surface area contributed by atoms with Gasteiger partial charge in [0.1, 0.15) is 5.78 Å². The van der Waals surface area contributed by atoms with Crippen LogP contribution in [0.3, 0.4) is 0 Å². The van der Waals surface area contributed by atoms with Crippen LogP contribution >= 0.6 is 0 Å². The van der Waals surface area contributed by atoms with E-state index >= 15 is 0 Å². The SMILES string of the molecule is CCC(C)(C(C)=O)N1CCCCCC1. The van der Waals surface area contributed by atoms with Gasteiger partial charge < -0.3 is 0 Å². The Bertz CT molecular complexity index is 194. The maximum Gasteiger partial charge on any atom is 0.149 e. The lowest BCUT2D eigenvalue weighted by molar-refractivity contribution is -0.128. The lowest BCUT2D eigenvalue weighted by Gasteiger charge is -2.38. The van der Waals surface area contributed by atoms with Crippen molar-refractivity contribution in [3.05, 3.63) is 0 Å². The average molecular weight is 197 g/mol. The molecule has 0 aromatic heterocycles. The minimum absolute atomic E-state index is 0.204. The molecule has 1 unspecified atom stereocenters. The summed E-state index contributed by atoms with van der Waals surface area (Å²) in [6.45, 7) is 8.15. The Labute approximate surface area is 87.7 Å². The fraction of sp³-hybridized carbons (Fsp3) is 0.917. The maximum absolute atomic E-state index is 11.7. The van der Waals surface area contributed by atoms with Crippen molar-refractivity contribution in [1.29, 1.82) is 0 Å². The Morgan fingerprint density at radius 3 is 2.07 bits per heavy atom. The summed E-state index contributed by atoms with van der Waals surface area (Å²) in [5.74, 6) is 0.321. The second-order valence-corrected chi connectivity index (χ2v) is 4.58. The highest BCUT2D eigenvalue weighted by Gasteiger charge is 2.34. The molecule has 0 aliphatic carbocycles. The summed E-state index contributed by atoms with van der Waals surface area (Å²) < 4.78 is 0. The van der Waals surface area contributed by atoms with E-state index in [-0.39, 0.29) is 5.54 Å². The molecule has 1 rings (SSSR count). The van der Waals surface area contributed by atoms with Crippen LogP contribution in [-0.2, 0) is 4.79 Å². The zero-order valence-electron chi connectivity index (χ0n) is 9.81. The van der Waals surface area contributed by atoms with Gasteiger partial charge in [-0.05, 0) is 46.2 Å². The van der Waals surface area contributed by atoms with Gasteiger partial charge in [0.2, 0.25) is 0 Å². The number of carbonyl (C=O) groups excluding carboxylic acids is 1. The monoisotopic (exact) mass is 197 g/mol. The molecule has 0 aromatic rings. The first-order valence-corrected chi connectivity index (χ1v) is 5.87. The number of hydrogen-bond donors (Lipinski definition) is 0. The van der Waals surface area contributed by atoms with E-state index in [0.29, 0.717) is 5.78 Å². The van der Waals surface area contributed by atoms with Crippen molar-refractivity contribution in [2.75, 3.05) is 13.1 Å². The fourth-order valence-electron chi connectivity index (χ4n) is 2.26. The van der Waals surface area contributed by atoms with Gasteiger partial charge >= 0.3 is 0 Å². The van der Waals surface area contributed by atoms with E-state index in [0.717, 1.165) is 19.5 Å². The van der Waals surface area contributed by atoms with Crippen molar-refractivity contribution in [2.45, 2.75) is 58.4 Å². The zero-order chi connectivity index (χ0) is 10.6. The minimum Gasteiger partial charge on any atom is -0.298 e. The summed E-state index contributed by atoms with van der Waals surface area (Å²) >= 11 is 0. The van der Waals surface area contributed by atoms with Gasteiger partial charge in [0.15, 0.2) is 0 Å². The molecule has 0 saturated carbocycles. The van der Waals surface area contributed by atoms with E-state index in [2.05, 4.69) is 18.7 Å². The van der Waals surface area contributed by atoms with Crippen molar-refractivity contribution in [3.63, 3.8) is 0 Å². The van der Waals surface area contributed by atoms with Crippen molar-refractivity contribution >= 4 is 5.78 Å². The van der Waals surface area contributed by atoms with Crippen molar-refractivity contribution < 1.29 is 4.79 Å². The molecule has 1 fully saturated rings. The number of Topliss-reactive ketones (excluding diaryl/α,β-unsaturated/α-hetero) is 1. The highest BCUT2D eigenvalue weighted by atomic mass is 16.1. The van der Waals surface area contributed by atoms with Crippen LogP contribution in [0.4, 0.5) is 0 Å². The summed E-state index contributed by atoms with van der Waals surface area (Å²) in [4.78, 5) is 14.1. The van der Waals surface area contributed by atoms with Crippen LogP contribution in [0, 0.1) is 0 Å². The van der Waals surface area contributed by atoms with Gasteiger partial charge in [-0.25, -0.2) is 0 Å². The van der Waals surface area contributed by atoms with E-state index < -0.39 is 0 Å². The second kappa shape index (κ2) is 4.92. The minimum atomic E-state index is -0.204. The first-order chi connectivity index (χ1) is 6.61. The van der Waals surface area contributed by atoms with Gasteiger partial charge in [-0.3, -0.25) is 9.69 Å². The van der Waals surface area contributed by atoms with E-state index in [1.54, 1.807) is 6.92 Å². The molecule has 1 aliphatic rings. The third kappa shape index (κ3) is 2.35. The van der Waals surface area contributed by atoms with Gasteiger partial charge in [0.05, 0.1) is 5.54 Å². The Morgan fingerprint density at radius 2 is 1.71 bits per heavy atom. The average Bonchev–Trinajstić information content (AvgIpc) is 2.44. The van der Waals surface area contributed by atoms with Crippen molar-refractivity contribution in [3.8, 4) is 0 Å². The number of ketones is 1. The summed E-state index contributed by atoms with van der Waals surface area (Å²) in [5, 5.41) is 0. The smallest absolute Gasteiger partial charge is 0.149 e. The van der Waals surface area contributed by atoms with Crippen LogP contribution in [-0.4, -0.2) is 29.3 Å². The van der Waals surface area contributed by atoms with Crippen LogP contribution in [0.2, 0.25) is 0 Å². The molecule has 0 aromatic carbocycles. The standard InChI is InChI=1S/C12H23NO/c1-4-12(3,11(2)14)13-9-7-5-6-8-10-13/h4-10H2,1-3H3. The van der Waals surface area contributed by atoms with Crippen LogP contribution in [0.5, 0.6) is 0 Å². The predicted octanol–water partition coefficient (Wildman–Crippen LogP) is 2.62. The Kier molecular flexibility index (Phi) is 4.11. The normalized spacial score (nSPS) is 23.9. The zero-order valence-corrected chi connectivity index (χ0v) is 9.81. The Balaban J connectivity index is 2.71. The van der Waals surface area contributed by atoms with Crippen LogP contribution < -0.4 is 0 Å². The van der Waals surface area contributed by atoms with Gasteiger partial charge in [0, 0.05) is 0 Å². The molecule has 2 heteroatoms. The molecule has 14 heavy (non-hydrogen) atoms. The quantitative estimate of drug-likeness (QED) is 0.693. The van der Waals surface area contributed by atoms with Crippen LogP contribution in [0.1, 0.15) is 52.9 Å². The molecule has 1 saturated heterocycles. The number of rotatable bonds is 3. The van der Waals surface area contributed by atoms with Gasteiger partial charge in [-0.15, -0.1) is 0 Å². The highest BCUT2D eigenvalue weighted by Crippen LogP contribution is 2.24. The molecule has 0 amide bonds. The molecule has 0 radical (unpaired) electrons.